The molecule has 160 valence electrons. The lowest BCUT2D eigenvalue weighted by Crippen LogP contribution is -2.25. The summed E-state index contributed by atoms with van der Waals surface area (Å²) < 4.78 is 21.3. The van der Waals surface area contributed by atoms with Crippen LogP contribution >= 0.6 is 0 Å². The molecule has 0 fully saturated rings. The molecule has 3 rings (SSSR count). The maximum atomic E-state index is 11.8. The summed E-state index contributed by atoms with van der Waals surface area (Å²) in [6.45, 7) is -0.337. The van der Waals surface area contributed by atoms with E-state index in [1.807, 2.05) is 0 Å². The van der Waals surface area contributed by atoms with E-state index in [2.05, 4.69) is 0 Å². The fraction of sp³-hybridized carbons (Fsp3) is 0.318. The summed E-state index contributed by atoms with van der Waals surface area (Å²) in [5.74, 6) is -0.907. The van der Waals surface area contributed by atoms with Crippen LogP contribution in [0.1, 0.15) is 22.6 Å². The lowest BCUT2D eigenvalue weighted by Gasteiger charge is -2.34. The highest BCUT2D eigenvalue weighted by Crippen LogP contribution is 2.53. The van der Waals surface area contributed by atoms with E-state index in [0.717, 1.165) is 0 Å². The van der Waals surface area contributed by atoms with Crippen LogP contribution in [0.3, 0.4) is 0 Å². The largest absolute Gasteiger partial charge is 0.502 e. The smallest absolute Gasteiger partial charge is 0.201 e. The van der Waals surface area contributed by atoms with Crippen molar-refractivity contribution in [1.29, 1.82) is 0 Å². The first-order valence-corrected chi connectivity index (χ1v) is 9.15. The number of aliphatic hydroxyl groups is 1. The molecule has 0 saturated carbocycles. The molecule has 2 atom stereocenters. The molecule has 0 radical (unpaired) electrons. The van der Waals surface area contributed by atoms with Crippen LogP contribution < -0.4 is 18.9 Å². The molecule has 0 amide bonds. The maximum absolute atomic E-state index is 11.8. The average molecular weight is 416 g/mol. The zero-order chi connectivity index (χ0) is 22.0. The van der Waals surface area contributed by atoms with Crippen molar-refractivity contribution in [2.75, 3.05) is 35.0 Å². The molecule has 0 heterocycles. The normalized spacial score (nSPS) is 17.6. The number of fused-ring (bicyclic) bond motifs is 1. The Kier molecular flexibility index (Phi) is 6.07. The van der Waals surface area contributed by atoms with Crippen LogP contribution in [0.15, 0.2) is 23.8 Å². The fourth-order valence-corrected chi connectivity index (χ4v) is 3.97. The number of phenolic OH excluding ortho intramolecular Hbond substituents is 2. The minimum atomic E-state index is -0.629. The molecule has 8 heteroatoms. The number of aliphatic hydroxyl groups excluding tert-OH is 1. The van der Waals surface area contributed by atoms with Gasteiger partial charge in [-0.25, -0.2) is 0 Å². The third-order valence-electron chi connectivity index (χ3n) is 5.37. The molecule has 0 saturated heterocycles. The van der Waals surface area contributed by atoms with Gasteiger partial charge in [0.2, 0.25) is 11.5 Å². The molecule has 0 aliphatic heterocycles. The van der Waals surface area contributed by atoms with Gasteiger partial charge in [-0.15, -0.1) is 0 Å². The number of phenols is 2. The number of hydrogen-bond acceptors (Lipinski definition) is 8. The molecule has 2 aromatic rings. The number of aldehydes is 1. The molecular weight excluding hydrogens is 392 g/mol. The van der Waals surface area contributed by atoms with Crippen molar-refractivity contribution in [3.05, 3.63) is 40.5 Å². The number of rotatable bonds is 7. The van der Waals surface area contributed by atoms with Crippen LogP contribution in [-0.2, 0) is 4.79 Å². The molecule has 2 aromatic carbocycles. The predicted octanol–water partition coefficient (Wildman–Crippen LogP) is 2.47. The van der Waals surface area contributed by atoms with E-state index < -0.39 is 11.8 Å². The van der Waals surface area contributed by atoms with Gasteiger partial charge in [0.25, 0.3) is 0 Å². The Morgan fingerprint density at radius 1 is 0.900 bits per heavy atom. The molecule has 1 aliphatic rings. The summed E-state index contributed by atoms with van der Waals surface area (Å²) in [6.07, 6.45) is 2.33. The van der Waals surface area contributed by atoms with E-state index in [9.17, 15) is 20.1 Å². The third kappa shape index (κ3) is 3.29. The van der Waals surface area contributed by atoms with Gasteiger partial charge in [-0.3, -0.25) is 4.79 Å². The van der Waals surface area contributed by atoms with Gasteiger partial charge in [-0.2, -0.15) is 0 Å². The summed E-state index contributed by atoms with van der Waals surface area (Å²) in [5, 5.41) is 31.1. The predicted molar refractivity (Wildman–Crippen MR) is 109 cm³/mol. The molecule has 0 bridgehead atoms. The van der Waals surface area contributed by atoms with Crippen molar-refractivity contribution in [2.24, 2.45) is 5.92 Å². The summed E-state index contributed by atoms with van der Waals surface area (Å²) in [6, 6.07) is 4.80. The Hall–Kier alpha value is -3.39. The quantitative estimate of drug-likeness (QED) is 0.590. The number of methoxy groups -OCH3 is 4. The van der Waals surface area contributed by atoms with Crippen LogP contribution in [0.4, 0.5) is 0 Å². The van der Waals surface area contributed by atoms with E-state index in [-0.39, 0.29) is 41.1 Å². The van der Waals surface area contributed by atoms with Crippen LogP contribution in [0, 0.1) is 5.92 Å². The number of benzene rings is 2. The highest BCUT2D eigenvalue weighted by atomic mass is 16.5. The second kappa shape index (κ2) is 8.54. The standard InChI is InChI=1S/C22H24O8/c1-27-15-7-12(8-16(28-2)20(15)25)18-14(10-24)13(9-23)5-11-6-17(29-3)21(26)22(30-4)19(11)18/h5-9,14,18,24-26H,10H2,1-4H3/t14-,18+/m1/s1. The van der Waals surface area contributed by atoms with Gasteiger partial charge >= 0.3 is 0 Å². The minimum absolute atomic E-state index is 0.167. The van der Waals surface area contributed by atoms with E-state index in [0.29, 0.717) is 28.5 Å². The highest BCUT2D eigenvalue weighted by Gasteiger charge is 2.37. The molecular formula is C22H24O8. The monoisotopic (exact) mass is 416 g/mol. The lowest BCUT2D eigenvalue weighted by atomic mass is 9.71. The Balaban J connectivity index is 2.39. The van der Waals surface area contributed by atoms with Crippen molar-refractivity contribution in [3.8, 4) is 34.5 Å². The second-order valence-electron chi connectivity index (χ2n) is 6.77. The molecule has 0 spiro atoms. The van der Waals surface area contributed by atoms with Gasteiger partial charge in [-0.05, 0) is 41.0 Å². The van der Waals surface area contributed by atoms with Crippen molar-refractivity contribution < 1.29 is 39.1 Å². The van der Waals surface area contributed by atoms with Gasteiger partial charge in [0.1, 0.15) is 6.29 Å². The van der Waals surface area contributed by atoms with Gasteiger partial charge < -0.3 is 34.3 Å². The SMILES string of the molecule is COc1cc([C@@H]2c3c(cc(OC)c(O)c3OC)C=C(C=O)[C@H]2CO)cc(OC)c1O. The zero-order valence-electron chi connectivity index (χ0n) is 17.1. The Bertz CT molecular complexity index is 970. The number of aromatic hydroxyl groups is 2. The fourth-order valence-electron chi connectivity index (χ4n) is 3.97. The second-order valence-corrected chi connectivity index (χ2v) is 6.77. The maximum Gasteiger partial charge on any atom is 0.201 e. The Labute approximate surface area is 173 Å². The van der Waals surface area contributed by atoms with Gasteiger partial charge in [0.15, 0.2) is 23.0 Å². The van der Waals surface area contributed by atoms with Crippen LogP contribution in [0.5, 0.6) is 34.5 Å². The summed E-state index contributed by atoms with van der Waals surface area (Å²) in [4.78, 5) is 11.8. The van der Waals surface area contributed by atoms with E-state index in [4.69, 9.17) is 18.9 Å². The lowest BCUT2D eigenvalue weighted by molar-refractivity contribution is -0.105. The first-order chi connectivity index (χ1) is 14.4. The third-order valence-corrected chi connectivity index (χ3v) is 5.37. The summed E-state index contributed by atoms with van der Waals surface area (Å²) >= 11 is 0. The van der Waals surface area contributed by atoms with Crippen molar-refractivity contribution in [3.63, 3.8) is 0 Å². The number of ether oxygens (including phenoxy) is 4. The molecule has 3 N–H and O–H groups in total. The summed E-state index contributed by atoms with van der Waals surface area (Å²) in [5.41, 5.74) is 2.13. The first-order valence-electron chi connectivity index (χ1n) is 9.15. The van der Waals surface area contributed by atoms with Crippen LogP contribution in [0.2, 0.25) is 0 Å². The minimum Gasteiger partial charge on any atom is -0.502 e. The van der Waals surface area contributed by atoms with E-state index in [1.165, 1.54) is 28.4 Å². The summed E-state index contributed by atoms with van der Waals surface area (Å²) in [7, 11) is 5.64. The zero-order valence-corrected chi connectivity index (χ0v) is 17.1. The number of carbonyl (C=O) groups excluding carboxylic acids is 1. The van der Waals surface area contributed by atoms with Gasteiger partial charge in [-0.1, -0.05) is 0 Å². The topological polar surface area (TPSA) is 115 Å². The number of hydrogen-bond donors (Lipinski definition) is 3. The van der Waals surface area contributed by atoms with Crippen molar-refractivity contribution >= 4 is 12.4 Å². The molecule has 8 nitrogen and oxygen atoms in total. The molecule has 0 aromatic heterocycles. The molecule has 1 aliphatic carbocycles. The molecule has 30 heavy (non-hydrogen) atoms. The van der Waals surface area contributed by atoms with Crippen LogP contribution in [-0.4, -0.2) is 56.7 Å². The average Bonchev–Trinajstić information content (AvgIpc) is 2.77. The van der Waals surface area contributed by atoms with Crippen molar-refractivity contribution in [2.45, 2.75) is 5.92 Å². The Morgan fingerprint density at radius 3 is 1.93 bits per heavy atom. The van der Waals surface area contributed by atoms with E-state index >= 15 is 0 Å². The molecule has 0 unspecified atom stereocenters. The van der Waals surface area contributed by atoms with Gasteiger partial charge in [0, 0.05) is 17.4 Å². The first kappa shape index (κ1) is 21.3. The van der Waals surface area contributed by atoms with Crippen molar-refractivity contribution in [1.82, 2.24) is 0 Å². The Morgan fingerprint density at radius 2 is 1.47 bits per heavy atom. The highest BCUT2D eigenvalue weighted by molar-refractivity contribution is 5.87. The number of carbonyl (C=O) groups is 1. The van der Waals surface area contributed by atoms with E-state index in [1.54, 1.807) is 24.3 Å². The van der Waals surface area contributed by atoms with Crippen LogP contribution in [0.25, 0.3) is 6.08 Å². The van der Waals surface area contributed by atoms with Gasteiger partial charge in [0.05, 0.1) is 35.0 Å².